The van der Waals surface area contributed by atoms with E-state index in [2.05, 4.69) is 4.98 Å². The van der Waals surface area contributed by atoms with Crippen molar-refractivity contribution in [3.8, 4) is 0 Å². The lowest BCUT2D eigenvalue weighted by molar-refractivity contribution is -0.137. The molecule has 1 aromatic heterocycles. The Labute approximate surface area is 98.5 Å². The van der Waals surface area contributed by atoms with Crippen LogP contribution in [0.2, 0.25) is 0 Å². The molecule has 2 atom stereocenters. The molecule has 1 rings (SSSR count). The summed E-state index contributed by atoms with van der Waals surface area (Å²) in [4.78, 5) is 3.66. The molecule has 96 valence electrons. The SMILES string of the molecule is CCC(C)CC(O)c1ccc(C(F)(F)F)cn1. The molecule has 2 nitrogen and oxygen atoms in total. The number of nitrogens with zero attached hydrogens (tertiary/aromatic N) is 1. The van der Waals surface area contributed by atoms with Gasteiger partial charge in [0, 0.05) is 6.20 Å². The van der Waals surface area contributed by atoms with Crippen LogP contribution in [-0.2, 0) is 6.18 Å². The van der Waals surface area contributed by atoms with Gasteiger partial charge in [-0.1, -0.05) is 20.3 Å². The molecule has 17 heavy (non-hydrogen) atoms. The van der Waals surface area contributed by atoms with Gasteiger partial charge in [0.05, 0.1) is 17.4 Å². The van der Waals surface area contributed by atoms with Crippen LogP contribution in [0, 0.1) is 5.92 Å². The molecule has 0 aromatic carbocycles. The number of hydrogen-bond acceptors (Lipinski definition) is 2. The van der Waals surface area contributed by atoms with Crippen LogP contribution in [0.3, 0.4) is 0 Å². The van der Waals surface area contributed by atoms with Crippen molar-refractivity contribution in [1.29, 1.82) is 0 Å². The van der Waals surface area contributed by atoms with Gasteiger partial charge in [-0.3, -0.25) is 4.98 Å². The molecule has 2 unspecified atom stereocenters. The fraction of sp³-hybridized carbons (Fsp3) is 0.583. The van der Waals surface area contributed by atoms with Crippen LogP contribution >= 0.6 is 0 Å². The zero-order valence-electron chi connectivity index (χ0n) is 9.83. The molecule has 0 saturated carbocycles. The Hall–Kier alpha value is -1.10. The van der Waals surface area contributed by atoms with Gasteiger partial charge in [0.25, 0.3) is 0 Å². The molecule has 0 bridgehead atoms. The molecular formula is C12H16F3NO. The lowest BCUT2D eigenvalue weighted by atomic mass is 9.99. The van der Waals surface area contributed by atoms with Crippen molar-refractivity contribution < 1.29 is 18.3 Å². The van der Waals surface area contributed by atoms with E-state index in [1.165, 1.54) is 6.07 Å². The number of pyridine rings is 1. The molecule has 0 spiro atoms. The molecule has 1 aromatic rings. The van der Waals surface area contributed by atoms with Gasteiger partial charge in [0.2, 0.25) is 0 Å². The third-order valence-corrected chi connectivity index (χ3v) is 2.78. The highest BCUT2D eigenvalue weighted by Gasteiger charge is 2.30. The molecule has 0 fully saturated rings. The van der Waals surface area contributed by atoms with Crippen molar-refractivity contribution in [3.63, 3.8) is 0 Å². The second-order valence-corrected chi connectivity index (χ2v) is 4.23. The summed E-state index contributed by atoms with van der Waals surface area (Å²) < 4.78 is 36.8. The maximum atomic E-state index is 12.3. The van der Waals surface area contributed by atoms with Crippen molar-refractivity contribution in [2.45, 2.75) is 39.0 Å². The Kier molecular flexibility index (Phi) is 4.51. The topological polar surface area (TPSA) is 33.1 Å². The van der Waals surface area contributed by atoms with Crippen LogP contribution < -0.4 is 0 Å². The number of aliphatic hydroxyl groups is 1. The minimum absolute atomic E-state index is 0.290. The molecular weight excluding hydrogens is 231 g/mol. The fourth-order valence-electron chi connectivity index (χ4n) is 1.44. The maximum Gasteiger partial charge on any atom is 0.417 e. The molecule has 0 aliphatic heterocycles. The summed E-state index contributed by atoms with van der Waals surface area (Å²) in [6.07, 6.45) is -3.00. The van der Waals surface area contributed by atoms with E-state index in [9.17, 15) is 18.3 Å². The molecule has 5 heteroatoms. The smallest absolute Gasteiger partial charge is 0.387 e. The average molecular weight is 247 g/mol. The zero-order valence-corrected chi connectivity index (χ0v) is 9.83. The maximum absolute atomic E-state index is 12.3. The van der Waals surface area contributed by atoms with Crippen LogP contribution in [0.15, 0.2) is 18.3 Å². The van der Waals surface area contributed by atoms with E-state index in [0.717, 1.165) is 18.7 Å². The predicted octanol–water partition coefficient (Wildman–Crippen LogP) is 3.57. The molecule has 0 saturated heterocycles. The lowest BCUT2D eigenvalue weighted by Crippen LogP contribution is -2.09. The first-order valence-electron chi connectivity index (χ1n) is 5.55. The second kappa shape index (κ2) is 5.49. The third kappa shape index (κ3) is 4.00. The lowest BCUT2D eigenvalue weighted by Gasteiger charge is -2.15. The summed E-state index contributed by atoms with van der Waals surface area (Å²) in [5, 5.41) is 9.77. The van der Waals surface area contributed by atoms with Gasteiger partial charge >= 0.3 is 6.18 Å². The normalized spacial score (nSPS) is 15.6. The quantitative estimate of drug-likeness (QED) is 0.882. The number of alkyl halides is 3. The van der Waals surface area contributed by atoms with E-state index in [1.807, 2.05) is 13.8 Å². The van der Waals surface area contributed by atoms with Gasteiger partial charge in [-0.05, 0) is 24.5 Å². The summed E-state index contributed by atoms with van der Waals surface area (Å²) in [6, 6.07) is 2.18. The Morgan fingerprint density at radius 2 is 2.00 bits per heavy atom. The van der Waals surface area contributed by atoms with Crippen molar-refractivity contribution in [2.24, 2.45) is 5.92 Å². The van der Waals surface area contributed by atoms with Gasteiger partial charge in [-0.2, -0.15) is 13.2 Å². The zero-order chi connectivity index (χ0) is 13.1. The van der Waals surface area contributed by atoms with Crippen LogP contribution in [-0.4, -0.2) is 10.1 Å². The molecule has 0 aliphatic carbocycles. The first-order chi connectivity index (χ1) is 7.84. The summed E-state index contributed by atoms with van der Waals surface area (Å²) in [7, 11) is 0. The van der Waals surface area contributed by atoms with E-state index in [-0.39, 0.29) is 0 Å². The van der Waals surface area contributed by atoms with E-state index in [1.54, 1.807) is 0 Å². The number of hydrogen-bond donors (Lipinski definition) is 1. The minimum Gasteiger partial charge on any atom is -0.387 e. The van der Waals surface area contributed by atoms with E-state index < -0.39 is 17.8 Å². The van der Waals surface area contributed by atoms with Crippen molar-refractivity contribution >= 4 is 0 Å². The van der Waals surface area contributed by atoms with Crippen LogP contribution in [0.25, 0.3) is 0 Å². The van der Waals surface area contributed by atoms with Crippen LogP contribution in [0.4, 0.5) is 13.2 Å². The van der Waals surface area contributed by atoms with E-state index in [4.69, 9.17) is 0 Å². The summed E-state index contributed by atoms with van der Waals surface area (Å²) in [5.74, 6) is 0.314. The molecule has 0 aliphatic rings. The van der Waals surface area contributed by atoms with E-state index in [0.29, 0.717) is 18.0 Å². The van der Waals surface area contributed by atoms with Crippen molar-refractivity contribution in [3.05, 3.63) is 29.6 Å². The number of aliphatic hydroxyl groups excluding tert-OH is 1. The summed E-state index contributed by atoms with van der Waals surface area (Å²) in [5.41, 5.74) is -0.504. The number of halogens is 3. The standard InChI is InChI=1S/C12H16F3NO/c1-3-8(2)6-11(17)10-5-4-9(7-16-10)12(13,14)15/h4-5,7-8,11,17H,3,6H2,1-2H3. The van der Waals surface area contributed by atoms with Gasteiger partial charge in [0.1, 0.15) is 0 Å². The largest absolute Gasteiger partial charge is 0.417 e. The molecule has 1 heterocycles. The predicted molar refractivity (Wildman–Crippen MR) is 58.3 cm³/mol. The molecule has 0 radical (unpaired) electrons. The number of rotatable bonds is 4. The van der Waals surface area contributed by atoms with E-state index >= 15 is 0 Å². The van der Waals surface area contributed by atoms with Gasteiger partial charge in [-0.15, -0.1) is 0 Å². The van der Waals surface area contributed by atoms with Crippen LogP contribution in [0.5, 0.6) is 0 Å². The Morgan fingerprint density at radius 3 is 2.41 bits per heavy atom. The number of aromatic nitrogens is 1. The summed E-state index contributed by atoms with van der Waals surface area (Å²) in [6.45, 7) is 3.98. The Bertz CT molecular complexity index is 348. The first kappa shape index (κ1) is 14.0. The van der Waals surface area contributed by atoms with Gasteiger partial charge in [0.15, 0.2) is 0 Å². The summed E-state index contributed by atoms with van der Waals surface area (Å²) >= 11 is 0. The minimum atomic E-state index is -4.38. The Balaban J connectivity index is 2.74. The molecule has 1 N–H and O–H groups in total. The van der Waals surface area contributed by atoms with Gasteiger partial charge < -0.3 is 5.11 Å². The van der Waals surface area contributed by atoms with Crippen molar-refractivity contribution in [2.75, 3.05) is 0 Å². The highest BCUT2D eigenvalue weighted by Crippen LogP contribution is 2.29. The third-order valence-electron chi connectivity index (χ3n) is 2.78. The fourth-order valence-corrected chi connectivity index (χ4v) is 1.44. The average Bonchev–Trinajstić information content (AvgIpc) is 2.27. The monoisotopic (exact) mass is 247 g/mol. The Morgan fingerprint density at radius 1 is 1.35 bits per heavy atom. The van der Waals surface area contributed by atoms with Gasteiger partial charge in [-0.25, -0.2) is 0 Å². The van der Waals surface area contributed by atoms with Crippen molar-refractivity contribution in [1.82, 2.24) is 4.98 Å². The van der Waals surface area contributed by atoms with Crippen LogP contribution in [0.1, 0.15) is 44.1 Å². The highest BCUT2D eigenvalue weighted by atomic mass is 19.4. The highest BCUT2D eigenvalue weighted by molar-refractivity contribution is 5.18. The molecule has 0 amide bonds. The first-order valence-corrected chi connectivity index (χ1v) is 5.55. The second-order valence-electron chi connectivity index (χ2n) is 4.23.